The first kappa shape index (κ1) is 32.5. The Balaban J connectivity index is 2.11. The zero-order chi connectivity index (χ0) is 30.3. The van der Waals surface area contributed by atoms with E-state index in [4.69, 9.17) is 39.5 Å². The van der Waals surface area contributed by atoms with Crippen molar-refractivity contribution in [3.8, 4) is 5.75 Å². The fraction of sp³-hybridized carbons (Fsp3) is 0.310. The Morgan fingerprint density at radius 2 is 1.54 bits per heavy atom. The zero-order valence-corrected chi connectivity index (χ0v) is 26.2. The maximum absolute atomic E-state index is 14.1. The lowest BCUT2D eigenvalue weighted by Crippen LogP contribution is -2.54. The van der Waals surface area contributed by atoms with E-state index in [1.165, 1.54) is 24.1 Å². The highest BCUT2D eigenvalue weighted by Crippen LogP contribution is 2.35. The molecule has 3 aromatic carbocycles. The first-order chi connectivity index (χ1) is 19.3. The molecule has 220 valence electrons. The summed E-state index contributed by atoms with van der Waals surface area (Å²) in [4.78, 5) is 29.1. The molecule has 0 aliphatic carbocycles. The second kappa shape index (κ2) is 14.3. The maximum atomic E-state index is 14.1. The Morgan fingerprint density at radius 1 is 0.902 bits per heavy atom. The molecule has 41 heavy (non-hydrogen) atoms. The number of methoxy groups -OCH3 is 1. The second-order valence-electron chi connectivity index (χ2n) is 9.73. The van der Waals surface area contributed by atoms with E-state index >= 15 is 0 Å². The molecule has 1 unspecified atom stereocenters. The number of hydrogen-bond donors (Lipinski definition) is 1. The quantitative estimate of drug-likeness (QED) is 0.261. The lowest BCUT2D eigenvalue weighted by molar-refractivity contribution is -0.140. The van der Waals surface area contributed by atoms with Gasteiger partial charge in [0.25, 0.3) is 0 Å². The third kappa shape index (κ3) is 9.00. The Morgan fingerprint density at radius 3 is 2.15 bits per heavy atom. The number of carbonyl (C=O) groups is 2. The van der Waals surface area contributed by atoms with E-state index in [1.807, 2.05) is 44.2 Å². The van der Waals surface area contributed by atoms with Gasteiger partial charge in [0.05, 0.1) is 34.1 Å². The SMILES string of the molecule is COc1cccc(CN(C(=O)CN(c2cc(Cl)c(Cl)cc2Cl)S(C)(=O)=O)C(Cc2ccccc2)C(=O)NC(C)C)c1. The molecule has 3 rings (SSSR count). The monoisotopic (exact) mass is 639 g/mol. The molecule has 12 heteroatoms. The van der Waals surface area contributed by atoms with Gasteiger partial charge >= 0.3 is 0 Å². The summed E-state index contributed by atoms with van der Waals surface area (Å²) in [5.74, 6) is -0.430. The lowest BCUT2D eigenvalue weighted by atomic mass is 10.0. The molecule has 0 aliphatic rings. The largest absolute Gasteiger partial charge is 0.497 e. The number of halogens is 3. The summed E-state index contributed by atoms with van der Waals surface area (Å²) >= 11 is 18.6. The number of anilines is 1. The third-order valence-corrected chi connectivity index (χ3v) is 8.28. The van der Waals surface area contributed by atoms with Crippen LogP contribution in [0.25, 0.3) is 0 Å². The average Bonchev–Trinajstić information content (AvgIpc) is 2.91. The van der Waals surface area contributed by atoms with Gasteiger partial charge in [-0.05, 0) is 49.2 Å². The number of carbonyl (C=O) groups excluding carboxylic acids is 2. The summed E-state index contributed by atoms with van der Waals surface area (Å²) in [5.41, 5.74) is 1.50. The molecule has 0 aromatic heterocycles. The number of nitrogens with one attached hydrogen (secondary N) is 1. The predicted octanol–water partition coefficient (Wildman–Crippen LogP) is 5.59. The van der Waals surface area contributed by atoms with Crippen molar-refractivity contribution in [1.82, 2.24) is 10.2 Å². The number of hydrogen-bond acceptors (Lipinski definition) is 5. The van der Waals surface area contributed by atoms with Crippen LogP contribution in [0.3, 0.4) is 0 Å². The van der Waals surface area contributed by atoms with Gasteiger partial charge < -0.3 is 15.0 Å². The van der Waals surface area contributed by atoms with Crippen molar-refractivity contribution in [2.75, 3.05) is 24.2 Å². The highest BCUT2D eigenvalue weighted by molar-refractivity contribution is 7.92. The van der Waals surface area contributed by atoms with E-state index in [0.717, 1.165) is 16.1 Å². The molecule has 0 aliphatic heterocycles. The van der Waals surface area contributed by atoms with Crippen molar-refractivity contribution in [1.29, 1.82) is 0 Å². The van der Waals surface area contributed by atoms with E-state index in [0.29, 0.717) is 11.3 Å². The Labute approximate surface area is 256 Å². The molecular weight excluding hydrogens is 609 g/mol. The smallest absolute Gasteiger partial charge is 0.244 e. The molecule has 0 radical (unpaired) electrons. The van der Waals surface area contributed by atoms with E-state index in [-0.39, 0.29) is 45.7 Å². The molecule has 3 aromatic rings. The van der Waals surface area contributed by atoms with Gasteiger partial charge in [0.1, 0.15) is 18.3 Å². The number of benzene rings is 3. The van der Waals surface area contributed by atoms with Crippen LogP contribution >= 0.6 is 34.8 Å². The first-order valence-electron chi connectivity index (χ1n) is 12.7. The molecule has 0 spiro atoms. The molecule has 1 N–H and O–H groups in total. The fourth-order valence-corrected chi connectivity index (χ4v) is 5.75. The number of nitrogens with zero attached hydrogens (tertiary/aromatic N) is 2. The molecule has 0 fully saturated rings. The van der Waals surface area contributed by atoms with Gasteiger partial charge in [0.15, 0.2) is 0 Å². The minimum atomic E-state index is -4.03. The normalized spacial score (nSPS) is 12.1. The molecule has 0 bridgehead atoms. The summed E-state index contributed by atoms with van der Waals surface area (Å²) in [7, 11) is -2.50. The molecule has 0 saturated carbocycles. The van der Waals surface area contributed by atoms with Crippen molar-refractivity contribution < 1.29 is 22.7 Å². The third-order valence-electron chi connectivity index (χ3n) is 6.13. The Kier molecular flexibility index (Phi) is 11.3. The minimum absolute atomic E-state index is 0.00430. The van der Waals surface area contributed by atoms with Crippen LogP contribution in [-0.4, -0.2) is 57.1 Å². The summed E-state index contributed by atoms with van der Waals surface area (Å²) in [6.45, 7) is 3.01. The van der Waals surface area contributed by atoms with Gasteiger partial charge in [-0.2, -0.15) is 0 Å². The summed E-state index contributed by atoms with van der Waals surface area (Å²) < 4.78 is 32.1. The van der Waals surface area contributed by atoms with Crippen molar-refractivity contribution in [3.63, 3.8) is 0 Å². The topological polar surface area (TPSA) is 96.0 Å². The molecule has 2 amide bonds. The van der Waals surface area contributed by atoms with Crippen LogP contribution in [0.1, 0.15) is 25.0 Å². The van der Waals surface area contributed by atoms with Gasteiger partial charge in [0, 0.05) is 19.0 Å². The van der Waals surface area contributed by atoms with Crippen LogP contribution in [-0.2, 0) is 32.6 Å². The minimum Gasteiger partial charge on any atom is -0.497 e. The number of sulfonamides is 1. The second-order valence-corrected chi connectivity index (χ2v) is 12.9. The average molecular weight is 641 g/mol. The molecule has 8 nitrogen and oxygen atoms in total. The summed E-state index contributed by atoms with van der Waals surface area (Å²) in [6.07, 6.45) is 1.15. The van der Waals surface area contributed by atoms with Gasteiger partial charge in [-0.3, -0.25) is 13.9 Å². The van der Waals surface area contributed by atoms with Crippen LogP contribution < -0.4 is 14.4 Å². The molecule has 0 heterocycles. The van der Waals surface area contributed by atoms with Crippen molar-refractivity contribution >= 4 is 62.3 Å². The molecular formula is C29H32Cl3N3O5S. The number of ether oxygens (including phenoxy) is 1. The van der Waals surface area contributed by atoms with Gasteiger partial charge in [0.2, 0.25) is 21.8 Å². The van der Waals surface area contributed by atoms with Gasteiger partial charge in [-0.25, -0.2) is 8.42 Å². The van der Waals surface area contributed by atoms with Gasteiger partial charge in [-0.15, -0.1) is 0 Å². The van der Waals surface area contributed by atoms with Crippen LogP contribution in [0, 0.1) is 0 Å². The molecule has 1 atom stereocenters. The Bertz CT molecular complexity index is 1490. The van der Waals surface area contributed by atoms with Crippen molar-refractivity contribution in [2.45, 2.75) is 38.9 Å². The predicted molar refractivity (Wildman–Crippen MR) is 164 cm³/mol. The van der Waals surface area contributed by atoms with Crippen LogP contribution in [0.15, 0.2) is 66.7 Å². The van der Waals surface area contributed by atoms with E-state index in [2.05, 4.69) is 5.32 Å². The van der Waals surface area contributed by atoms with E-state index in [9.17, 15) is 18.0 Å². The number of rotatable bonds is 12. The highest BCUT2D eigenvalue weighted by atomic mass is 35.5. The fourth-order valence-electron chi connectivity index (χ4n) is 4.20. The summed E-state index contributed by atoms with van der Waals surface area (Å²) in [5, 5.41) is 3.10. The zero-order valence-electron chi connectivity index (χ0n) is 23.1. The standard InChI is InChI=1S/C29H32Cl3N3O5S/c1-19(2)33-29(37)27(14-20-9-6-5-7-10-20)34(17-21-11-8-12-22(13-21)40-3)28(36)18-35(41(4,38)39)26-16-24(31)23(30)15-25(26)32/h5-13,15-16,19,27H,14,17-18H2,1-4H3,(H,33,37). The van der Waals surface area contributed by atoms with Crippen molar-refractivity contribution in [3.05, 3.63) is 92.9 Å². The van der Waals surface area contributed by atoms with E-state index in [1.54, 1.807) is 24.3 Å². The number of amides is 2. The van der Waals surface area contributed by atoms with E-state index < -0.39 is 28.5 Å². The Hall–Kier alpha value is -2.98. The van der Waals surface area contributed by atoms with Crippen LogP contribution in [0.4, 0.5) is 5.69 Å². The van der Waals surface area contributed by atoms with Crippen LogP contribution in [0.5, 0.6) is 5.75 Å². The molecule has 0 saturated heterocycles. The first-order valence-corrected chi connectivity index (χ1v) is 15.7. The van der Waals surface area contributed by atoms with Gasteiger partial charge in [-0.1, -0.05) is 77.3 Å². The maximum Gasteiger partial charge on any atom is 0.244 e. The lowest BCUT2D eigenvalue weighted by Gasteiger charge is -2.34. The highest BCUT2D eigenvalue weighted by Gasteiger charge is 2.34. The van der Waals surface area contributed by atoms with Crippen molar-refractivity contribution in [2.24, 2.45) is 0 Å². The van der Waals surface area contributed by atoms with Crippen LogP contribution in [0.2, 0.25) is 15.1 Å². The summed E-state index contributed by atoms with van der Waals surface area (Å²) in [6, 6.07) is 17.8.